The second-order valence-electron chi connectivity index (χ2n) is 5.78. The molecule has 1 aromatic heterocycles. The number of hydrogen-bond acceptors (Lipinski definition) is 5. The number of sulfone groups is 1. The zero-order chi connectivity index (χ0) is 16.4. The van der Waals surface area contributed by atoms with Gasteiger partial charge < -0.3 is 15.0 Å². The van der Waals surface area contributed by atoms with Crippen LogP contribution < -0.4 is 10.9 Å². The predicted octanol–water partition coefficient (Wildman–Crippen LogP) is 0.309. The van der Waals surface area contributed by atoms with E-state index in [0.717, 1.165) is 23.9 Å². The highest BCUT2D eigenvalue weighted by Crippen LogP contribution is 2.24. The van der Waals surface area contributed by atoms with Gasteiger partial charge in [-0.15, -0.1) is 0 Å². The number of aromatic amines is 1. The molecular weight excluding hydrogens is 320 g/mol. The molecule has 0 aromatic carbocycles. The largest absolute Gasteiger partial charge is 0.381 e. The van der Waals surface area contributed by atoms with Crippen molar-refractivity contribution in [1.82, 2.24) is 10.3 Å². The van der Waals surface area contributed by atoms with E-state index in [1.807, 2.05) is 0 Å². The molecule has 0 saturated carbocycles. The van der Waals surface area contributed by atoms with Crippen LogP contribution in [0.25, 0.3) is 0 Å². The molecule has 23 heavy (non-hydrogen) atoms. The van der Waals surface area contributed by atoms with E-state index in [4.69, 9.17) is 4.74 Å². The third kappa shape index (κ3) is 3.70. The van der Waals surface area contributed by atoms with Gasteiger partial charge in [-0.3, -0.25) is 9.59 Å². The van der Waals surface area contributed by atoms with Gasteiger partial charge in [-0.25, -0.2) is 8.42 Å². The summed E-state index contributed by atoms with van der Waals surface area (Å²) in [5.74, 6) is -0.510. The summed E-state index contributed by atoms with van der Waals surface area (Å²) in [6.45, 7) is 1.33. The number of H-pyrrole nitrogens is 1. The van der Waals surface area contributed by atoms with Gasteiger partial charge in [0.05, 0.1) is 11.8 Å². The normalized spacial score (nSPS) is 23.7. The first-order valence-electron chi connectivity index (χ1n) is 7.47. The van der Waals surface area contributed by atoms with E-state index in [2.05, 4.69) is 10.3 Å². The molecule has 0 aliphatic carbocycles. The summed E-state index contributed by atoms with van der Waals surface area (Å²) >= 11 is 0. The van der Waals surface area contributed by atoms with Gasteiger partial charge >= 0.3 is 0 Å². The average molecular weight is 338 g/mol. The molecule has 1 saturated heterocycles. The Labute approximate surface area is 133 Å². The maximum absolute atomic E-state index is 12.1. The van der Waals surface area contributed by atoms with Gasteiger partial charge in [-0.2, -0.15) is 0 Å². The Morgan fingerprint density at radius 2 is 2.00 bits per heavy atom. The quantitative estimate of drug-likeness (QED) is 0.825. The SMILES string of the molecule is O=C(N[C@@H]1C=CS(=O)(=O)C1)c1ccc(C2CCOCC2)[nH]c1=O. The predicted molar refractivity (Wildman–Crippen MR) is 84.0 cm³/mol. The second kappa shape index (κ2) is 6.29. The monoisotopic (exact) mass is 338 g/mol. The van der Waals surface area contributed by atoms with Crippen molar-refractivity contribution in [3.63, 3.8) is 0 Å². The molecule has 0 unspecified atom stereocenters. The molecule has 1 atom stereocenters. The minimum Gasteiger partial charge on any atom is -0.381 e. The molecule has 0 spiro atoms. The molecule has 7 nitrogen and oxygen atoms in total. The number of nitrogens with one attached hydrogen (secondary N) is 2. The number of ether oxygens (including phenoxy) is 1. The molecule has 1 aromatic rings. The van der Waals surface area contributed by atoms with Crippen LogP contribution in [0, 0.1) is 0 Å². The lowest BCUT2D eigenvalue weighted by atomic mass is 9.95. The molecule has 8 heteroatoms. The van der Waals surface area contributed by atoms with E-state index >= 15 is 0 Å². The molecule has 0 radical (unpaired) electrons. The van der Waals surface area contributed by atoms with E-state index in [-0.39, 0.29) is 17.2 Å². The molecule has 3 rings (SSSR count). The minimum absolute atomic E-state index is 0.0153. The van der Waals surface area contributed by atoms with Crippen molar-refractivity contribution in [2.45, 2.75) is 24.8 Å². The molecule has 0 bridgehead atoms. The lowest BCUT2D eigenvalue weighted by Gasteiger charge is -2.22. The van der Waals surface area contributed by atoms with Crippen molar-refractivity contribution in [2.24, 2.45) is 0 Å². The lowest BCUT2D eigenvalue weighted by Crippen LogP contribution is -2.38. The topological polar surface area (TPSA) is 105 Å². The van der Waals surface area contributed by atoms with Crippen LogP contribution in [0.3, 0.4) is 0 Å². The second-order valence-corrected chi connectivity index (χ2v) is 7.71. The Morgan fingerprint density at radius 1 is 1.26 bits per heavy atom. The Balaban J connectivity index is 1.71. The van der Waals surface area contributed by atoms with Gasteiger partial charge in [0, 0.05) is 30.2 Å². The van der Waals surface area contributed by atoms with Crippen LogP contribution in [-0.2, 0) is 14.6 Å². The summed E-state index contributed by atoms with van der Waals surface area (Å²) < 4.78 is 28.0. The van der Waals surface area contributed by atoms with Crippen molar-refractivity contribution >= 4 is 15.7 Å². The summed E-state index contributed by atoms with van der Waals surface area (Å²) in [6, 6.07) is 2.64. The lowest BCUT2D eigenvalue weighted by molar-refractivity contribution is 0.0843. The Kier molecular flexibility index (Phi) is 4.36. The maximum atomic E-state index is 12.1. The van der Waals surface area contributed by atoms with Crippen molar-refractivity contribution in [3.8, 4) is 0 Å². The first-order valence-corrected chi connectivity index (χ1v) is 9.19. The summed E-state index contributed by atoms with van der Waals surface area (Å²) in [7, 11) is -3.25. The fraction of sp³-hybridized carbons (Fsp3) is 0.467. The molecule has 2 aliphatic heterocycles. The third-order valence-electron chi connectivity index (χ3n) is 4.08. The molecule has 2 N–H and O–H groups in total. The first kappa shape index (κ1) is 15.9. The van der Waals surface area contributed by atoms with Gasteiger partial charge in [0.15, 0.2) is 9.84 Å². The summed E-state index contributed by atoms with van der Waals surface area (Å²) in [5.41, 5.74) is 0.327. The van der Waals surface area contributed by atoms with Crippen molar-refractivity contribution in [2.75, 3.05) is 19.0 Å². The Hall–Kier alpha value is -1.93. The summed E-state index contributed by atoms with van der Waals surface area (Å²) in [4.78, 5) is 27.0. The number of hydrogen-bond donors (Lipinski definition) is 2. The zero-order valence-corrected chi connectivity index (χ0v) is 13.3. The molecule has 124 valence electrons. The number of amides is 1. The number of rotatable bonds is 3. The van der Waals surface area contributed by atoms with Crippen molar-refractivity contribution in [3.05, 3.63) is 45.2 Å². The maximum Gasteiger partial charge on any atom is 0.261 e. The molecule has 1 amide bonds. The number of pyridine rings is 1. The number of carbonyl (C=O) groups excluding carboxylic acids is 1. The Bertz CT molecular complexity index is 790. The average Bonchev–Trinajstić information content (AvgIpc) is 2.86. The Morgan fingerprint density at radius 3 is 2.61 bits per heavy atom. The van der Waals surface area contributed by atoms with Gasteiger partial charge in [-0.1, -0.05) is 0 Å². The third-order valence-corrected chi connectivity index (χ3v) is 5.48. The highest BCUT2D eigenvalue weighted by molar-refractivity contribution is 7.94. The van der Waals surface area contributed by atoms with E-state index in [1.54, 1.807) is 6.07 Å². The van der Waals surface area contributed by atoms with Gasteiger partial charge in [-0.05, 0) is 31.1 Å². The van der Waals surface area contributed by atoms with Gasteiger partial charge in [0.2, 0.25) is 0 Å². The standard InChI is InChI=1S/C15H18N2O5S/c18-14(16-11-5-8-23(20,21)9-11)12-1-2-13(17-15(12)19)10-3-6-22-7-4-10/h1-2,5,8,10-11H,3-4,6-7,9H2,(H,16,18)(H,17,19)/t11-/m1/s1. The van der Waals surface area contributed by atoms with Gasteiger partial charge in [0.1, 0.15) is 5.56 Å². The van der Waals surface area contributed by atoms with E-state index in [1.165, 1.54) is 12.1 Å². The molecule has 1 fully saturated rings. The van der Waals surface area contributed by atoms with Gasteiger partial charge in [0.25, 0.3) is 11.5 Å². The molecule has 2 aliphatic rings. The van der Waals surface area contributed by atoms with Crippen LogP contribution >= 0.6 is 0 Å². The first-order chi connectivity index (χ1) is 10.9. The van der Waals surface area contributed by atoms with Crippen LogP contribution in [0.5, 0.6) is 0 Å². The minimum atomic E-state index is -3.25. The summed E-state index contributed by atoms with van der Waals surface area (Å²) in [6.07, 6.45) is 3.09. The number of carbonyl (C=O) groups is 1. The van der Waals surface area contributed by atoms with Crippen molar-refractivity contribution in [1.29, 1.82) is 0 Å². The van der Waals surface area contributed by atoms with E-state index in [0.29, 0.717) is 13.2 Å². The van der Waals surface area contributed by atoms with Crippen LogP contribution in [-0.4, -0.2) is 44.3 Å². The fourth-order valence-electron chi connectivity index (χ4n) is 2.83. The van der Waals surface area contributed by atoms with Crippen LogP contribution in [0.1, 0.15) is 34.8 Å². The fourth-order valence-corrected chi connectivity index (χ4v) is 4.06. The van der Waals surface area contributed by atoms with Crippen LogP contribution in [0.2, 0.25) is 0 Å². The number of aromatic nitrogens is 1. The zero-order valence-electron chi connectivity index (χ0n) is 12.4. The highest BCUT2D eigenvalue weighted by Gasteiger charge is 2.25. The highest BCUT2D eigenvalue weighted by atomic mass is 32.2. The smallest absolute Gasteiger partial charge is 0.261 e. The molecular formula is C15H18N2O5S. The van der Waals surface area contributed by atoms with E-state index < -0.39 is 27.3 Å². The van der Waals surface area contributed by atoms with Crippen LogP contribution in [0.15, 0.2) is 28.4 Å². The summed E-state index contributed by atoms with van der Waals surface area (Å²) in [5, 5.41) is 3.63. The van der Waals surface area contributed by atoms with E-state index in [9.17, 15) is 18.0 Å². The van der Waals surface area contributed by atoms with Crippen LogP contribution in [0.4, 0.5) is 0 Å². The molecule has 3 heterocycles. The van der Waals surface area contributed by atoms with Crippen molar-refractivity contribution < 1.29 is 17.9 Å².